The van der Waals surface area contributed by atoms with Gasteiger partial charge in [-0.05, 0) is 45.1 Å². The van der Waals surface area contributed by atoms with Gasteiger partial charge in [0.1, 0.15) is 17.8 Å². The number of carbonyl (C=O) groups is 1. The zero-order valence-corrected chi connectivity index (χ0v) is 16.6. The molecule has 0 spiro atoms. The molecule has 0 aliphatic carbocycles. The van der Waals surface area contributed by atoms with Crippen molar-refractivity contribution in [1.82, 2.24) is 14.9 Å². The summed E-state index contributed by atoms with van der Waals surface area (Å²) in [5.74, 6) is 0.839. The molecule has 144 valence electrons. The second-order valence-corrected chi connectivity index (χ2v) is 7.53. The number of anilines is 1. The predicted molar refractivity (Wildman–Crippen MR) is 109 cm³/mol. The average molecular weight is 367 g/mol. The van der Waals surface area contributed by atoms with Crippen LogP contribution in [0.2, 0.25) is 0 Å². The maximum atomic E-state index is 13.2. The minimum atomic E-state index is -0.0393. The summed E-state index contributed by atoms with van der Waals surface area (Å²) in [5, 5.41) is 0. The van der Waals surface area contributed by atoms with E-state index in [0.717, 1.165) is 24.3 Å². The molecule has 1 fully saturated rings. The van der Waals surface area contributed by atoms with Crippen molar-refractivity contribution in [2.24, 2.45) is 0 Å². The van der Waals surface area contributed by atoms with Gasteiger partial charge in [-0.3, -0.25) is 4.79 Å². The van der Waals surface area contributed by atoms with Crippen LogP contribution in [0, 0.1) is 0 Å². The number of rotatable bonds is 6. The van der Waals surface area contributed by atoms with Crippen molar-refractivity contribution in [3.05, 3.63) is 54.0 Å². The summed E-state index contributed by atoms with van der Waals surface area (Å²) in [6.45, 7) is 7.89. The quantitative estimate of drug-likeness (QED) is 0.765. The lowest BCUT2D eigenvalue weighted by atomic mass is 10.00. The Morgan fingerprint density at radius 3 is 2.70 bits per heavy atom. The molecule has 2 heterocycles. The molecule has 1 saturated heterocycles. The Morgan fingerprint density at radius 2 is 2.00 bits per heavy atom. The van der Waals surface area contributed by atoms with Crippen molar-refractivity contribution in [1.29, 1.82) is 0 Å². The number of hydrogen-bond donors (Lipinski definition) is 0. The van der Waals surface area contributed by atoms with Crippen molar-refractivity contribution >= 4 is 11.7 Å². The van der Waals surface area contributed by atoms with Crippen LogP contribution in [0.1, 0.15) is 62.5 Å². The average Bonchev–Trinajstić information content (AvgIpc) is 2.72. The fourth-order valence-corrected chi connectivity index (χ4v) is 3.76. The SMILES string of the molecule is CCC1CCCCN1c1cc(C(=O)N(Cc2ccccc2)C(C)C)ncn1. The van der Waals surface area contributed by atoms with Crippen LogP contribution in [0.5, 0.6) is 0 Å². The third kappa shape index (κ3) is 4.65. The lowest BCUT2D eigenvalue weighted by Gasteiger charge is -2.36. The second-order valence-electron chi connectivity index (χ2n) is 7.53. The van der Waals surface area contributed by atoms with Gasteiger partial charge in [0.15, 0.2) is 0 Å². The van der Waals surface area contributed by atoms with Gasteiger partial charge in [-0.15, -0.1) is 0 Å². The van der Waals surface area contributed by atoms with Crippen LogP contribution in [0.15, 0.2) is 42.7 Å². The summed E-state index contributed by atoms with van der Waals surface area (Å²) >= 11 is 0. The first kappa shape index (κ1) is 19.3. The van der Waals surface area contributed by atoms with Crippen LogP contribution >= 0.6 is 0 Å². The molecule has 1 aliphatic heterocycles. The van der Waals surface area contributed by atoms with E-state index in [0.29, 0.717) is 18.3 Å². The molecule has 5 heteroatoms. The van der Waals surface area contributed by atoms with Gasteiger partial charge >= 0.3 is 0 Å². The predicted octanol–water partition coefficient (Wildman–Crippen LogP) is 4.30. The number of nitrogens with zero attached hydrogens (tertiary/aromatic N) is 4. The topological polar surface area (TPSA) is 49.3 Å². The molecule has 1 aromatic heterocycles. The van der Waals surface area contributed by atoms with Crippen molar-refractivity contribution < 1.29 is 4.79 Å². The van der Waals surface area contributed by atoms with Gasteiger partial charge in [-0.2, -0.15) is 0 Å². The summed E-state index contributed by atoms with van der Waals surface area (Å²) in [6, 6.07) is 12.6. The number of carbonyl (C=O) groups excluding carboxylic acids is 1. The molecule has 1 amide bonds. The summed E-state index contributed by atoms with van der Waals surface area (Å²) in [4.78, 5) is 26.2. The Kier molecular flexibility index (Phi) is 6.43. The molecule has 2 aromatic rings. The first-order valence-corrected chi connectivity index (χ1v) is 10.0. The van der Waals surface area contributed by atoms with Crippen molar-refractivity contribution in [3.63, 3.8) is 0 Å². The Labute approximate surface area is 162 Å². The molecule has 5 nitrogen and oxygen atoms in total. The summed E-state index contributed by atoms with van der Waals surface area (Å²) in [7, 11) is 0. The van der Waals surface area contributed by atoms with E-state index < -0.39 is 0 Å². The molecule has 0 bridgehead atoms. The highest BCUT2D eigenvalue weighted by Crippen LogP contribution is 2.25. The molecule has 1 atom stereocenters. The fraction of sp³-hybridized carbons (Fsp3) is 0.500. The first-order valence-electron chi connectivity index (χ1n) is 10.0. The largest absolute Gasteiger partial charge is 0.354 e. The number of hydrogen-bond acceptors (Lipinski definition) is 4. The summed E-state index contributed by atoms with van der Waals surface area (Å²) < 4.78 is 0. The van der Waals surface area contributed by atoms with E-state index >= 15 is 0 Å². The van der Waals surface area contributed by atoms with Gasteiger partial charge in [-0.25, -0.2) is 9.97 Å². The first-order chi connectivity index (χ1) is 13.1. The minimum Gasteiger partial charge on any atom is -0.354 e. The van der Waals surface area contributed by atoms with Crippen LogP contribution < -0.4 is 4.90 Å². The molecule has 0 radical (unpaired) electrons. The molecular weight excluding hydrogens is 336 g/mol. The monoisotopic (exact) mass is 366 g/mol. The molecular formula is C22H30N4O. The van der Waals surface area contributed by atoms with E-state index in [1.165, 1.54) is 25.6 Å². The van der Waals surface area contributed by atoms with Gasteiger partial charge in [0.2, 0.25) is 0 Å². The smallest absolute Gasteiger partial charge is 0.273 e. The Bertz CT molecular complexity index is 747. The van der Waals surface area contributed by atoms with E-state index in [2.05, 4.69) is 21.8 Å². The summed E-state index contributed by atoms with van der Waals surface area (Å²) in [6.07, 6.45) is 6.26. The molecule has 1 unspecified atom stereocenters. The highest BCUT2D eigenvalue weighted by Gasteiger charge is 2.25. The van der Waals surface area contributed by atoms with E-state index in [1.807, 2.05) is 55.1 Å². The lowest BCUT2D eigenvalue weighted by Crippen LogP contribution is -2.40. The number of benzene rings is 1. The second kappa shape index (κ2) is 8.98. The number of piperidine rings is 1. The van der Waals surface area contributed by atoms with E-state index in [9.17, 15) is 4.79 Å². The van der Waals surface area contributed by atoms with Crippen molar-refractivity contribution in [2.45, 2.75) is 65.1 Å². The minimum absolute atomic E-state index is 0.0393. The molecule has 1 aromatic carbocycles. The van der Waals surface area contributed by atoms with E-state index in [-0.39, 0.29) is 11.9 Å². The third-order valence-electron chi connectivity index (χ3n) is 5.34. The van der Waals surface area contributed by atoms with Crippen LogP contribution in [0.3, 0.4) is 0 Å². The lowest BCUT2D eigenvalue weighted by molar-refractivity contribution is 0.0684. The van der Waals surface area contributed by atoms with Gasteiger partial charge in [-0.1, -0.05) is 37.3 Å². The summed E-state index contributed by atoms with van der Waals surface area (Å²) in [5.41, 5.74) is 1.60. The highest BCUT2D eigenvalue weighted by atomic mass is 16.2. The molecule has 3 rings (SSSR count). The van der Waals surface area contributed by atoms with Crippen LogP contribution in [0.25, 0.3) is 0 Å². The Balaban J connectivity index is 1.82. The van der Waals surface area contributed by atoms with Gasteiger partial charge < -0.3 is 9.80 Å². The van der Waals surface area contributed by atoms with Crippen LogP contribution in [-0.2, 0) is 6.54 Å². The Hall–Kier alpha value is -2.43. The molecule has 0 saturated carbocycles. The van der Waals surface area contributed by atoms with E-state index in [4.69, 9.17) is 0 Å². The van der Waals surface area contributed by atoms with Gasteiger partial charge in [0, 0.05) is 31.2 Å². The van der Waals surface area contributed by atoms with Crippen molar-refractivity contribution in [2.75, 3.05) is 11.4 Å². The standard InChI is InChI=1S/C22H30N4O/c1-4-19-12-8-9-13-25(19)21-14-20(23-16-24-21)22(27)26(17(2)3)15-18-10-6-5-7-11-18/h5-7,10-11,14,16-17,19H,4,8-9,12-13,15H2,1-3H3. The number of amides is 1. The Morgan fingerprint density at radius 1 is 1.22 bits per heavy atom. The van der Waals surface area contributed by atoms with Crippen LogP contribution in [-0.4, -0.2) is 39.4 Å². The highest BCUT2D eigenvalue weighted by molar-refractivity contribution is 5.93. The van der Waals surface area contributed by atoms with Gasteiger partial charge in [0.05, 0.1) is 0 Å². The zero-order valence-electron chi connectivity index (χ0n) is 16.6. The number of aromatic nitrogens is 2. The van der Waals surface area contributed by atoms with Crippen molar-refractivity contribution in [3.8, 4) is 0 Å². The van der Waals surface area contributed by atoms with Crippen LogP contribution in [0.4, 0.5) is 5.82 Å². The van der Waals surface area contributed by atoms with Gasteiger partial charge in [0.25, 0.3) is 5.91 Å². The maximum Gasteiger partial charge on any atom is 0.273 e. The molecule has 1 aliphatic rings. The third-order valence-corrected chi connectivity index (χ3v) is 5.34. The maximum absolute atomic E-state index is 13.2. The fourth-order valence-electron chi connectivity index (χ4n) is 3.76. The molecule has 0 N–H and O–H groups in total. The zero-order chi connectivity index (χ0) is 19.2. The van der Waals surface area contributed by atoms with E-state index in [1.54, 1.807) is 0 Å². The normalized spacial score (nSPS) is 17.2. The molecule has 27 heavy (non-hydrogen) atoms.